The molecule has 0 fully saturated rings. The minimum absolute atomic E-state index is 0.148. The monoisotopic (exact) mass is 306 g/mol. The van der Waals surface area contributed by atoms with E-state index >= 15 is 0 Å². The normalized spacial score (nSPS) is 19.5. The average Bonchev–Trinajstić information content (AvgIpc) is 2.51. The SMILES string of the molecule is O=C1OC(Br)c2cc(C=CC(F)(F)F)ccc21. The lowest BCUT2D eigenvalue weighted by atomic mass is 10.1. The summed E-state index contributed by atoms with van der Waals surface area (Å²) in [6.45, 7) is 0. The van der Waals surface area contributed by atoms with Gasteiger partial charge in [-0.1, -0.05) is 12.1 Å². The minimum Gasteiger partial charge on any atom is -0.442 e. The predicted molar refractivity (Wildman–Crippen MR) is 58.6 cm³/mol. The summed E-state index contributed by atoms with van der Waals surface area (Å²) in [6, 6.07) is 4.38. The van der Waals surface area contributed by atoms with Crippen LogP contribution in [-0.2, 0) is 4.74 Å². The van der Waals surface area contributed by atoms with Gasteiger partial charge in [-0.05, 0) is 33.6 Å². The second-order valence-electron chi connectivity index (χ2n) is 3.44. The Balaban J connectivity index is 2.32. The average molecular weight is 307 g/mol. The van der Waals surface area contributed by atoms with E-state index in [2.05, 4.69) is 15.9 Å². The van der Waals surface area contributed by atoms with E-state index in [1.54, 1.807) is 0 Å². The van der Waals surface area contributed by atoms with Gasteiger partial charge in [0.25, 0.3) is 0 Å². The number of alkyl halides is 4. The molecule has 1 aromatic carbocycles. The van der Waals surface area contributed by atoms with Crippen molar-refractivity contribution in [3.8, 4) is 0 Å². The Morgan fingerprint density at radius 1 is 1.35 bits per heavy atom. The Bertz CT molecular complexity index is 494. The van der Waals surface area contributed by atoms with Gasteiger partial charge in [0.05, 0.1) is 5.56 Å². The van der Waals surface area contributed by atoms with Gasteiger partial charge in [-0.25, -0.2) is 4.79 Å². The zero-order chi connectivity index (χ0) is 12.6. The van der Waals surface area contributed by atoms with Gasteiger partial charge in [0.1, 0.15) is 0 Å². The van der Waals surface area contributed by atoms with Gasteiger partial charge in [0.15, 0.2) is 5.01 Å². The number of esters is 1. The Morgan fingerprint density at radius 2 is 2.06 bits per heavy atom. The van der Waals surface area contributed by atoms with Crippen molar-refractivity contribution in [2.45, 2.75) is 11.2 Å². The fraction of sp³-hybridized carbons (Fsp3) is 0.182. The van der Waals surface area contributed by atoms with Crippen LogP contribution in [0.4, 0.5) is 13.2 Å². The number of benzene rings is 1. The van der Waals surface area contributed by atoms with E-state index in [1.807, 2.05) is 0 Å². The van der Waals surface area contributed by atoms with E-state index in [0.29, 0.717) is 16.7 Å². The first kappa shape index (κ1) is 12.2. The highest BCUT2D eigenvalue weighted by molar-refractivity contribution is 9.09. The maximum Gasteiger partial charge on any atom is 0.409 e. The zero-order valence-corrected chi connectivity index (χ0v) is 9.88. The van der Waals surface area contributed by atoms with E-state index < -0.39 is 17.2 Å². The number of hydrogen-bond donors (Lipinski definition) is 0. The van der Waals surface area contributed by atoms with Gasteiger partial charge in [-0.15, -0.1) is 0 Å². The molecule has 6 heteroatoms. The highest BCUT2D eigenvalue weighted by Crippen LogP contribution is 2.35. The molecule has 0 spiro atoms. The number of rotatable bonds is 1. The van der Waals surface area contributed by atoms with Crippen LogP contribution in [0.25, 0.3) is 6.08 Å². The molecule has 1 aliphatic rings. The van der Waals surface area contributed by atoms with Crippen molar-refractivity contribution in [2.24, 2.45) is 0 Å². The molecule has 17 heavy (non-hydrogen) atoms. The molecule has 0 aliphatic carbocycles. The molecule has 1 aliphatic heterocycles. The lowest BCUT2D eigenvalue weighted by Gasteiger charge is -2.02. The van der Waals surface area contributed by atoms with Crippen LogP contribution in [-0.4, -0.2) is 12.1 Å². The Kier molecular flexibility index (Phi) is 2.99. The molecule has 0 bridgehead atoms. The van der Waals surface area contributed by atoms with Crippen LogP contribution in [0.5, 0.6) is 0 Å². The highest BCUT2D eigenvalue weighted by atomic mass is 79.9. The fourth-order valence-corrected chi connectivity index (χ4v) is 2.02. The van der Waals surface area contributed by atoms with Gasteiger partial charge >= 0.3 is 12.1 Å². The largest absolute Gasteiger partial charge is 0.442 e. The Morgan fingerprint density at radius 3 is 2.71 bits per heavy atom. The maximum atomic E-state index is 12.0. The molecule has 0 amide bonds. The van der Waals surface area contributed by atoms with E-state index in [0.717, 1.165) is 6.08 Å². The lowest BCUT2D eigenvalue weighted by molar-refractivity contribution is -0.0790. The molecule has 1 heterocycles. The van der Waals surface area contributed by atoms with E-state index in [9.17, 15) is 18.0 Å². The number of cyclic esters (lactones) is 1. The van der Waals surface area contributed by atoms with Crippen molar-refractivity contribution in [2.75, 3.05) is 0 Å². The van der Waals surface area contributed by atoms with Gasteiger partial charge in [-0.2, -0.15) is 13.2 Å². The van der Waals surface area contributed by atoms with E-state index in [-0.39, 0.29) is 6.08 Å². The third-order valence-electron chi connectivity index (χ3n) is 2.22. The fourth-order valence-electron chi connectivity index (χ4n) is 1.47. The first-order valence-electron chi connectivity index (χ1n) is 4.62. The first-order chi connectivity index (χ1) is 7.87. The molecule has 2 nitrogen and oxygen atoms in total. The van der Waals surface area contributed by atoms with Gasteiger partial charge in [0, 0.05) is 11.6 Å². The van der Waals surface area contributed by atoms with Crippen LogP contribution >= 0.6 is 15.9 Å². The Labute approximate surface area is 103 Å². The zero-order valence-electron chi connectivity index (χ0n) is 8.29. The molecule has 0 N–H and O–H groups in total. The molecule has 90 valence electrons. The maximum absolute atomic E-state index is 12.0. The summed E-state index contributed by atoms with van der Waals surface area (Å²) in [5.41, 5.74) is 1.28. The molecule has 1 aromatic rings. The van der Waals surface area contributed by atoms with Crippen molar-refractivity contribution >= 4 is 28.0 Å². The molecule has 1 unspecified atom stereocenters. The highest BCUT2D eigenvalue weighted by Gasteiger charge is 2.29. The molecule has 2 rings (SSSR count). The predicted octanol–water partition coefficient (Wildman–Crippen LogP) is 3.83. The van der Waals surface area contributed by atoms with Crippen molar-refractivity contribution in [1.29, 1.82) is 0 Å². The summed E-state index contributed by atoms with van der Waals surface area (Å²) in [7, 11) is 0. The summed E-state index contributed by atoms with van der Waals surface area (Å²) in [4.78, 5) is 11.3. The van der Waals surface area contributed by atoms with Crippen LogP contribution in [0.1, 0.15) is 26.5 Å². The van der Waals surface area contributed by atoms with Crippen LogP contribution in [0.15, 0.2) is 24.3 Å². The van der Waals surface area contributed by atoms with Crippen LogP contribution < -0.4 is 0 Å². The summed E-state index contributed by atoms with van der Waals surface area (Å²) < 4.78 is 40.8. The molecule has 0 saturated heterocycles. The number of halogens is 4. The summed E-state index contributed by atoms with van der Waals surface area (Å²) in [5.74, 6) is -0.478. The minimum atomic E-state index is -4.35. The molecule has 0 aromatic heterocycles. The first-order valence-corrected chi connectivity index (χ1v) is 5.53. The molecule has 0 radical (unpaired) electrons. The van der Waals surface area contributed by atoms with Gasteiger partial charge < -0.3 is 4.74 Å². The van der Waals surface area contributed by atoms with Gasteiger partial charge in [-0.3, -0.25) is 0 Å². The van der Waals surface area contributed by atoms with Crippen LogP contribution in [0, 0.1) is 0 Å². The smallest absolute Gasteiger partial charge is 0.409 e. The third kappa shape index (κ3) is 2.69. The molecular weight excluding hydrogens is 301 g/mol. The second-order valence-corrected chi connectivity index (χ2v) is 4.27. The van der Waals surface area contributed by atoms with Crippen LogP contribution in [0.3, 0.4) is 0 Å². The number of ether oxygens (including phenoxy) is 1. The second kappa shape index (κ2) is 4.18. The summed E-state index contributed by atoms with van der Waals surface area (Å²) in [6.07, 6.45) is -3.25. The van der Waals surface area contributed by atoms with Crippen LogP contribution in [0.2, 0.25) is 0 Å². The number of fused-ring (bicyclic) bond motifs is 1. The number of hydrogen-bond acceptors (Lipinski definition) is 2. The van der Waals surface area contributed by atoms with Crippen molar-refractivity contribution < 1.29 is 22.7 Å². The standard InChI is InChI=1S/C11H6BrF3O2/c12-9-8-5-6(3-4-11(13,14)15)1-2-7(8)10(16)17-9/h1-5,9H. The van der Waals surface area contributed by atoms with Gasteiger partial charge in [0.2, 0.25) is 0 Å². The summed E-state index contributed by atoms with van der Waals surface area (Å²) in [5, 5.41) is -0.593. The Hall–Kier alpha value is -1.30. The quantitative estimate of drug-likeness (QED) is 0.582. The number of carbonyl (C=O) groups excluding carboxylic acids is 1. The molecule has 0 saturated carbocycles. The van der Waals surface area contributed by atoms with Crippen molar-refractivity contribution in [3.63, 3.8) is 0 Å². The lowest BCUT2D eigenvalue weighted by Crippen LogP contribution is -2.00. The number of allylic oxidation sites excluding steroid dienone is 1. The third-order valence-corrected chi connectivity index (χ3v) is 2.90. The molecular formula is C11H6BrF3O2. The topological polar surface area (TPSA) is 26.3 Å². The number of carbonyl (C=O) groups is 1. The van der Waals surface area contributed by atoms with Crippen molar-refractivity contribution in [3.05, 3.63) is 41.0 Å². The van der Waals surface area contributed by atoms with Crippen molar-refractivity contribution in [1.82, 2.24) is 0 Å². The van der Waals surface area contributed by atoms with E-state index in [1.165, 1.54) is 18.2 Å². The van der Waals surface area contributed by atoms with E-state index in [4.69, 9.17) is 4.74 Å². The molecule has 1 atom stereocenters. The summed E-state index contributed by atoms with van der Waals surface area (Å²) >= 11 is 3.11.